The van der Waals surface area contributed by atoms with Gasteiger partial charge in [-0.05, 0) is 49.2 Å². The van der Waals surface area contributed by atoms with Crippen LogP contribution in [-0.4, -0.2) is 23.9 Å². The molecule has 0 unspecified atom stereocenters. The molecule has 0 N–H and O–H groups in total. The summed E-state index contributed by atoms with van der Waals surface area (Å²) in [5, 5.41) is 0. The third-order valence-corrected chi connectivity index (χ3v) is 4.49. The van der Waals surface area contributed by atoms with Crippen molar-refractivity contribution in [3.8, 4) is 0 Å². The molecule has 1 amide bonds. The van der Waals surface area contributed by atoms with Crippen LogP contribution in [0.25, 0.3) is 0 Å². The minimum absolute atomic E-state index is 0.124. The molecule has 24 heavy (non-hydrogen) atoms. The molecule has 0 spiro atoms. The van der Waals surface area contributed by atoms with Crippen molar-refractivity contribution in [2.45, 2.75) is 19.5 Å². The Morgan fingerprint density at radius 1 is 1.12 bits per heavy atom. The Kier molecular flexibility index (Phi) is 6.04. The first kappa shape index (κ1) is 18.5. The molecule has 0 heterocycles. The number of amides is 1. The molecule has 0 aliphatic rings. The summed E-state index contributed by atoms with van der Waals surface area (Å²) in [6.07, 6.45) is -4.03. The molecule has 0 bridgehead atoms. The van der Waals surface area contributed by atoms with Gasteiger partial charge in [0, 0.05) is 23.1 Å². The number of likely N-dealkylation sites (N-methyl/N-ethyl adjacent to an activating group) is 1. The molecule has 6 heteroatoms. The van der Waals surface area contributed by atoms with Gasteiger partial charge in [0.1, 0.15) is 0 Å². The van der Waals surface area contributed by atoms with E-state index in [4.69, 9.17) is 0 Å². The lowest BCUT2D eigenvalue weighted by Gasteiger charge is -2.21. The fourth-order valence-electron chi connectivity index (χ4n) is 2.36. The Hall–Kier alpha value is -1.82. The van der Waals surface area contributed by atoms with Gasteiger partial charge in [-0.15, -0.1) is 0 Å². The fourth-order valence-corrected chi connectivity index (χ4v) is 2.81. The lowest BCUT2D eigenvalue weighted by molar-refractivity contribution is -0.137. The molecule has 2 aromatic rings. The van der Waals surface area contributed by atoms with Gasteiger partial charge in [-0.3, -0.25) is 4.79 Å². The zero-order chi connectivity index (χ0) is 17.7. The number of hydrogen-bond donors (Lipinski definition) is 0. The quantitative estimate of drug-likeness (QED) is 0.678. The zero-order valence-electron chi connectivity index (χ0n) is 13.1. The number of halogens is 4. The van der Waals surface area contributed by atoms with Crippen LogP contribution in [0.15, 0.2) is 53.0 Å². The van der Waals surface area contributed by atoms with Crippen LogP contribution in [0.2, 0.25) is 0 Å². The van der Waals surface area contributed by atoms with E-state index in [0.717, 1.165) is 12.1 Å². The summed E-state index contributed by atoms with van der Waals surface area (Å²) in [6.45, 7) is 2.69. The van der Waals surface area contributed by atoms with Crippen LogP contribution in [0.5, 0.6) is 0 Å². The van der Waals surface area contributed by atoms with E-state index in [1.54, 1.807) is 29.2 Å². The number of carbonyl (C=O) groups excluding carboxylic acids is 1. The van der Waals surface area contributed by atoms with E-state index in [1.165, 1.54) is 6.07 Å². The van der Waals surface area contributed by atoms with Crippen LogP contribution >= 0.6 is 15.9 Å². The highest BCUT2D eigenvalue weighted by Crippen LogP contribution is 2.32. The maximum atomic E-state index is 12.8. The van der Waals surface area contributed by atoms with Gasteiger partial charge < -0.3 is 4.90 Å². The zero-order valence-corrected chi connectivity index (χ0v) is 14.7. The predicted octanol–water partition coefficient (Wildman–Crippen LogP) is 5.17. The molecule has 0 aromatic heterocycles. The molecule has 0 radical (unpaired) electrons. The smallest absolute Gasteiger partial charge is 0.339 e. The van der Waals surface area contributed by atoms with Gasteiger partial charge in [0.2, 0.25) is 0 Å². The van der Waals surface area contributed by atoms with Gasteiger partial charge in [-0.2, -0.15) is 13.2 Å². The summed E-state index contributed by atoms with van der Waals surface area (Å²) in [7, 11) is 0. The summed E-state index contributed by atoms with van der Waals surface area (Å²) in [5.74, 6) is -0.124. The number of rotatable bonds is 5. The van der Waals surface area contributed by atoms with Crippen molar-refractivity contribution in [2.75, 3.05) is 13.1 Å². The molecule has 0 atom stereocenters. The van der Waals surface area contributed by atoms with E-state index >= 15 is 0 Å². The first-order valence-electron chi connectivity index (χ1n) is 7.53. The summed E-state index contributed by atoms with van der Waals surface area (Å²) in [6, 6.07) is 12.4. The number of nitrogens with zero attached hydrogens (tertiary/aromatic N) is 1. The molecule has 2 aromatic carbocycles. The molecular weight excluding hydrogens is 383 g/mol. The first-order chi connectivity index (χ1) is 11.3. The molecule has 2 nitrogen and oxygen atoms in total. The van der Waals surface area contributed by atoms with Gasteiger partial charge >= 0.3 is 6.18 Å². The van der Waals surface area contributed by atoms with Gasteiger partial charge in [0.15, 0.2) is 0 Å². The minimum atomic E-state index is -4.38. The predicted molar refractivity (Wildman–Crippen MR) is 90.9 cm³/mol. The van der Waals surface area contributed by atoms with Crippen molar-refractivity contribution in [3.05, 3.63) is 69.7 Å². The molecule has 0 saturated heterocycles. The normalized spacial score (nSPS) is 11.4. The number of carbonyl (C=O) groups is 1. The highest BCUT2D eigenvalue weighted by molar-refractivity contribution is 9.10. The summed E-state index contributed by atoms with van der Waals surface area (Å²) >= 11 is 3.28. The van der Waals surface area contributed by atoms with Crippen LogP contribution in [-0.2, 0) is 12.6 Å². The Morgan fingerprint density at radius 2 is 1.79 bits per heavy atom. The standard InChI is InChI=1S/C18H17BrF3NO/c1-2-23(17(24)13-6-4-3-5-7-13)11-10-14-12-15(18(20,21)22)8-9-16(14)19/h3-9,12H,2,10-11H2,1H3. The number of alkyl halides is 3. The topological polar surface area (TPSA) is 20.3 Å². The van der Waals surface area contributed by atoms with Gasteiger partial charge in [0.25, 0.3) is 5.91 Å². The largest absolute Gasteiger partial charge is 0.416 e. The van der Waals surface area contributed by atoms with Crippen LogP contribution in [0.1, 0.15) is 28.4 Å². The number of hydrogen-bond acceptors (Lipinski definition) is 1. The summed E-state index contributed by atoms with van der Waals surface area (Å²) in [4.78, 5) is 14.1. The highest BCUT2D eigenvalue weighted by Gasteiger charge is 2.30. The lowest BCUT2D eigenvalue weighted by Crippen LogP contribution is -2.32. The third kappa shape index (κ3) is 4.60. The van der Waals surface area contributed by atoms with Crippen LogP contribution in [0, 0.1) is 0 Å². The molecule has 0 fully saturated rings. The van der Waals surface area contributed by atoms with Gasteiger partial charge in [0.05, 0.1) is 5.56 Å². The lowest BCUT2D eigenvalue weighted by atomic mass is 10.1. The molecular formula is C18H17BrF3NO. The Balaban J connectivity index is 2.12. The van der Waals surface area contributed by atoms with E-state index in [9.17, 15) is 18.0 Å². The Labute approximate surface area is 147 Å². The van der Waals surface area contributed by atoms with E-state index in [1.807, 2.05) is 13.0 Å². The molecule has 0 aliphatic carbocycles. The summed E-state index contributed by atoms with van der Waals surface area (Å²) < 4.78 is 39.1. The van der Waals surface area contributed by atoms with Crippen molar-refractivity contribution in [2.24, 2.45) is 0 Å². The molecule has 0 aliphatic heterocycles. The molecule has 2 rings (SSSR count). The molecule has 0 saturated carbocycles. The highest BCUT2D eigenvalue weighted by atomic mass is 79.9. The summed E-state index contributed by atoms with van der Waals surface area (Å²) in [5.41, 5.74) is 0.421. The van der Waals surface area contributed by atoms with E-state index in [2.05, 4.69) is 15.9 Å². The van der Waals surface area contributed by atoms with Crippen molar-refractivity contribution in [3.63, 3.8) is 0 Å². The average molecular weight is 400 g/mol. The van der Waals surface area contributed by atoms with Gasteiger partial charge in [-0.25, -0.2) is 0 Å². The van der Waals surface area contributed by atoms with Crippen molar-refractivity contribution in [1.82, 2.24) is 4.90 Å². The maximum absolute atomic E-state index is 12.8. The van der Waals surface area contributed by atoms with Gasteiger partial charge in [-0.1, -0.05) is 34.1 Å². The van der Waals surface area contributed by atoms with Crippen molar-refractivity contribution >= 4 is 21.8 Å². The van der Waals surface area contributed by atoms with E-state index < -0.39 is 11.7 Å². The van der Waals surface area contributed by atoms with Crippen LogP contribution < -0.4 is 0 Å². The monoisotopic (exact) mass is 399 g/mol. The second-order valence-electron chi connectivity index (χ2n) is 5.30. The van der Waals surface area contributed by atoms with E-state index in [0.29, 0.717) is 35.1 Å². The van der Waals surface area contributed by atoms with Crippen LogP contribution in [0.3, 0.4) is 0 Å². The van der Waals surface area contributed by atoms with E-state index in [-0.39, 0.29) is 5.91 Å². The Morgan fingerprint density at radius 3 is 2.38 bits per heavy atom. The fraction of sp³-hybridized carbons (Fsp3) is 0.278. The second kappa shape index (κ2) is 7.83. The maximum Gasteiger partial charge on any atom is 0.416 e. The Bertz CT molecular complexity index is 701. The van der Waals surface area contributed by atoms with Crippen molar-refractivity contribution in [1.29, 1.82) is 0 Å². The third-order valence-electron chi connectivity index (χ3n) is 3.71. The average Bonchev–Trinajstić information content (AvgIpc) is 2.56. The van der Waals surface area contributed by atoms with Crippen molar-refractivity contribution < 1.29 is 18.0 Å². The first-order valence-corrected chi connectivity index (χ1v) is 8.32. The molecule has 128 valence electrons. The second-order valence-corrected chi connectivity index (χ2v) is 6.16. The SMILES string of the molecule is CCN(CCc1cc(C(F)(F)F)ccc1Br)C(=O)c1ccccc1. The van der Waals surface area contributed by atoms with Crippen LogP contribution in [0.4, 0.5) is 13.2 Å². The number of benzene rings is 2. The minimum Gasteiger partial charge on any atom is -0.339 e.